The third kappa shape index (κ3) is 2.11. The molecule has 4 nitrogen and oxygen atoms in total. The normalized spacial score (nSPS) is 14.3. The highest BCUT2D eigenvalue weighted by Gasteiger charge is 2.38. The highest BCUT2D eigenvalue weighted by molar-refractivity contribution is 6.56. The summed E-state index contributed by atoms with van der Waals surface area (Å²) in [6.07, 6.45) is 1.16. The fourth-order valence-electron chi connectivity index (χ4n) is 1.95. The molecule has 0 unspecified atom stereocenters. The Hall–Kier alpha value is -1.10. The second kappa shape index (κ2) is 5.26. The molecule has 0 radical (unpaired) electrons. The van der Waals surface area contributed by atoms with Gasteiger partial charge in [-0.3, -0.25) is 9.59 Å². The Morgan fingerprint density at radius 2 is 1.78 bits per heavy atom. The summed E-state index contributed by atoms with van der Waals surface area (Å²) < 4.78 is 0. The van der Waals surface area contributed by atoms with Crippen molar-refractivity contribution in [2.24, 2.45) is 0 Å². The largest absolute Gasteiger partial charge is 0.396 e. The van der Waals surface area contributed by atoms with Crippen molar-refractivity contribution in [3.63, 3.8) is 0 Å². The van der Waals surface area contributed by atoms with Crippen molar-refractivity contribution < 1.29 is 14.7 Å². The van der Waals surface area contributed by atoms with Crippen LogP contribution < -0.4 is 4.90 Å². The Morgan fingerprint density at radius 1 is 1.11 bits per heavy atom. The average Bonchev–Trinajstić information content (AvgIpc) is 2.60. The predicted octanol–water partition coefficient (Wildman–Crippen LogP) is 2.30. The summed E-state index contributed by atoms with van der Waals surface area (Å²) in [5.74, 6) is -1.24. The highest BCUT2D eigenvalue weighted by atomic mass is 35.5. The van der Waals surface area contributed by atoms with E-state index in [1.165, 1.54) is 11.0 Å². The molecule has 0 spiro atoms. The highest BCUT2D eigenvalue weighted by Crippen LogP contribution is 2.39. The number of ketones is 1. The molecular formula is C12H11Cl2NO3. The molecule has 0 saturated carbocycles. The number of rotatable bonds is 4. The van der Waals surface area contributed by atoms with Crippen LogP contribution in [0, 0.1) is 0 Å². The van der Waals surface area contributed by atoms with E-state index in [-0.39, 0.29) is 17.2 Å². The van der Waals surface area contributed by atoms with Crippen molar-refractivity contribution in [3.8, 4) is 0 Å². The summed E-state index contributed by atoms with van der Waals surface area (Å²) in [5, 5.41) is 9.30. The van der Waals surface area contributed by atoms with E-state index in [4.69, 9.17) is 28.3 Å². The van der Waals surface area contributed by atoms with Gasteiger partial charge in [0.25, 0.3) is 11.7 Å². The Kier molecular flexibility index (Phi) is 3.90. The number of halogens is 2. The van der Waals surface area contributed by atoms with Crippen molar-refractivity contribution in [1.82, 2.24) is 0 Å². The number of hydrogen-bond donors (Lipinski definition) is 1. The van der Waals surface area contributed by atoms with E-state index < -0.39 is 11.7 Å². The minimum atomic E-state index is -0.624. The third-order valence-corrected chi connectivity index (χ3v) is 3.42. The Balaban J connectivity index is 2.39. The van der Waals surface area contributed by atoms with Gasteiger partial charge in [0.1, 0.15) is 0 Å². The van der Waals surface area contributed by atoms with Gasteiger partial charge >= 0.3 is 0 Å². The molecule has 1 amide bonds. The molecule has 96 valence electrons. The van der Waals surface area contributed by atoms with E-state index in [1.54, 1.807) is 6.07 Å². The first-order valence-corrected chi connectivity index (χ1v) is 6.28. The summed E-state index contributed by atoms with van der Waals surface area (Å²) in [4.78, 5) is 25.0. The van der Waals surface area contributed by atoms with Crippen LogP contribution in [0.25, 0.3) is 0 Å². The van der Waals surface area contributed by atoms with Crippen LogP contribution in [0.15, 0.2) is 12.1 Å². The standard InChI is InChI=1S/C12H11Cl2NO3/c13-7-3-4-8(14)10-9(7)11(17)12(18)15(10)5-1-2-6-16/h3-4,16H,1-2,5-6H2. The van der Waals surface area contributed by atoms with E-state index in [0.717, 1.165) is 0 Å². The van der Waals surface area contributed by atoms with E-state index in [9.17, 15) is 9.59 Å². The molecule has 0 atom stereocenters. The maximum absolute atomic E-state index is 11.9. The van der Waals surface area contributed by atoms with Gasteiger partial charge in [0.05, 0.1) is 21.3 Å². The molecule has 1 aromatic carbocycles. The van der Waals surface area contributed by atoms with E-state index in [2.05, 4.69) is 0 Å². The number of nitrogens with zero attached hydrogens (tertiary/aromatic N) is 1. The van der Waals surface area contributed by atoms with E-state index in [0.29, 0.717) is 30.1 Å². The van der Waals surface area contributed by atoms with Crippen LogP contribution in [0.4, 0.5) is 5.69 Å². The van der Waals surface area contributed by atoms with Crippen LogP contribution in [0.1, 0.15) is 23.2 Å². The fraction of sp³-hybridized carbons (Fsp3) is 0.333. The maximum atomic E-state index is 11.9. The van der Waals surface area contributed by atoms with Crippen molar-refractivity contribution in [2.45, 2.75) is 12.8 Å². The topological polar surface area (TPSA) is 57.6 Å². The smallest absolute Gasteiger partial charge is 0.299 e. The molecule has 0 bridgehead atoms. The molecule has 0 aliphatic carbocycles. The Morgan fingerprint density at radius 3 is 2.44 bits per heavy atom. The molecule has 1 N–H and O–H groups in total. The van der Waals surface area contributed by atoms with Gasteiger partial charge in [-0.25, -0.2) is 0 Å². The lowest BCUT2D eigenvalue weighted by Crippen LogP contribution is -2.30. The van der Waals surface area contributed by atoms with Gasteiger partial charge in [-0.2, -0.15) is 0 Å². The molecule has 1 aliphatic heterocycles. The number of benzene rings is 1. The first-order valence-electron chi connectivity index (χ1n) is 5.53. The number of hydrogen-bond acceptors (Lipinski definition) is 3. The lowest BCUT2D eigenvalue weighted by molar-refractivity contribution is -0.114. The van der Waals surface area contributed by atoms with Gasteiger partial charge in [0, 0.05) is 13.2 Å². The number of Topliss-reactive ketones (excluding diaryl/α,β-unsaturated/α-hetero) is 1. The van der Waals surface area contributed by atoms with Crippen LogP contribution in [-0.4, -0.2) is 29.9 Å². The first kappa shape index (κ1) is 13.3. The number of aliphatic hydroxyl groups excluding tert-OH is 1. The molecule has 6 heteroatoms. The minimum absolute atomic E-state index is 0.0477. The second-order valence-electron chi connectivity index (χ2n) is 3.97. The summed E-state index contributed by atoms with van der Waals surface area (Å²) in [7, 11) is 0. The quantitative estimate of drug-likeness (QED) is 0.683. The van der Waals surface area contributed by atoms with Gasteiger partial charge in [-0.05, 0) is 25.0 Å². The molecule has 1 heterocycles. The third-order valence-electron chi connectivity index (χ3n) is 2.80. The number of fused-ring (bicyclic) bond motifs is 1. The zero-order valence-electron chi connectivity index (χ0n) is 9.45. The van der Waals surface area contributed by atoms with Gasteiger partial charge in [0.2, 0.25) is 0 Å². The SMILES string of the molecule is O=C1C(=O)N(CCCCO)c2c(Cl)ccc(Cl)c21. The summed E-state index contributed by atoms with van der Waals surface area (Å²) in [6.45, 7) is 0.393. The van der Waals surface area contributed by atoms with Crippen LogP contribution in [0.2, 0.25) is 10.0 Å². The molecule has 0 saturated heterocycles. The molecule has 1 aliphatic rings. The summed E-state index contributed by atoms with van der Waals surface area (Å²) >= 11 is 12.0. The number of carbonyl (C=O) groups excluding carboxylic acids is 2. The second-order valence-corrected chi connectivity index (χ2v) is 4.78. The predicted molar refractivity (Wildman–Crippen MR) is 69.5 cm³/mol. The number of unbranched alkanes of at least 4 members (excludes halogenated alkanes) is 1. The fourth-order valence-corrected chi connectivity index (χ4v) is 2.44. The number of aliphatic hydroxyl groups is 1. The van der Waals surface area contributed by atoms with E-state index >= 15 is 0 Å². The average molecular weight is 288 g/mol. The lowest BCUT2D eigenvalue weighted by atomic mass is 10.1. The Bertz CT molecular complexity index is 516. The molecule has 0 aromatic heterocycles. The maximum Gasteiger partial charge on any atom is 0.299 e. The van der Waals surface area contributed by atoms with Gasteiger partial charge in [-0.1, -0.05) is 23.2 Å². The van der Waals surface area contributed by atoms with Gasteiger partial charge in [-0.15, -0.1) is 0 Å². The molecule has 18 heavy (non-hydrogen) atoms. The lowest BCUT2D eigenvalue weighted by Gasteiger charge is -2.17. The molecule has 2 rings (SSSR count). The van der Waals surface area contributed by atoms with Crippen molar-refractivity contribution in [3.05, 3.63) is 27.7 Å². The van der Waals surface area contributed by atoms with Crippen molar-refractivity contribution in [1.29, 1.82) is 0 Å². The Labute approximate surface area is 114 Å². The molecular weight excluding hydrogens is 277 g/mol. The van der Waals surface area contributed by atoms with Crippen LogP contribution in [0.5, 0.6) is 0 Å². The van der Waals surface area contributed by atoms with E-state index in [1.807, 2.05) is 0 Å². The van der Waals surface area contributed by atoms with Crippen LogP contribution in [0.3, 0.4) is 0 Å². The van der Waals surface area contributed by atoms with Gasteiger partial charge in [0.15, 0.2) is 0 Å². The number of anilines is 1. The molecule has 0 fully saturated rings. The molecule has 1 aromatic rings. The van der Waals surface area contributed by atoms with Crippen LogP contribution in [-0.2, 0) is 4.79 Å². The van der Waals surface area contributed by atoms with Crippen LogP contribution >= 0.6 is 23.2 Å². The monoisotopic (exact) mass is 287 g/mol. The summed E-state index contributed by atoms with van der Waals surface area (Å²) in [5.41, 5.74) is 0.565. The van der Waals surface area contributed by atoms with Gasteiger partial charge < -0.3 is 10.0 Å². The van der Waals surface area contributed by atoms with Crippen molar-refractivity contribution in [2.75, 3.05) is 18.1 Å². The number of carbonyl (C=O) groups is 2. The first-order chi connectivity index (χ1) is 8.57. The van der Waals surface area contributed by atoms with Crippen molar-refractivity contribution >= 4 is 40.6 Å². The zero-order chi connectivity index (χ0) is 13.3. The number of amides is 1. The summed E-state index contributed by atoms with van der Waals surface area (Å²) in [6, 6.07) is 3.07. The minimum Gasteiger partial charge on any atom is -0.396 e. The zero-order valence-corrected chi connectivity index (χ0v) is 11.0.